The minimum atomic E-state index is -0.688. The molecular formula is C19H24N2O3. The van der Waals surface area contributed by atoms with Crippen molar-refractivity contribution < 1.29 is 14.6 Å². The van der Waals surface area contributed by atoms with Crippen molar-refractivity contribution in [1.29, 1.82) is 5.26 Å². The summed E-state index contributed by atoms with van der Waals surface area (Å²) in [7, 11) is 0. The van der Waals surface area contributed by atoms with Crippen molar-refractivity contribution >= 4 is 5.97 Å². The third-order valence-electron chi connectivity index (χ3n) is 4.38. The lowest BCUT2D eigenvalue weighted by Crippen LogP contribution is -2.42. The molecule has 5 nitrogen and oxygen atoms in total. The van der Waals surface area contributed by atoms with Gasteiger partial charge in [0.05, 0.1) is 17.6 Å². The number of nitriles is 1. The van der Waals surface area contributed by atoms with Crippen LogP contribution in [0.1, 0.15) is 31.2 Å². The van der Waals surface area contributed by atoms with E-state index in [2.05, 4.69) is 17.5 Å². The van der Waals surface area contributed by atoms with Gasteiger partial charge < -0.3 is 9.84 Å². The molecule has 1 heterocycles. The number of hydrogen-bond donors (Lipinski definition) is 1. The van der Waals surface area contributed by atoms with Crippen LogP contribution in [0.2, 0.25) is 0 Å². The number of likely N-dealkylation sites (tertiary alicyclic amines) is 1. The zero-order valence-electron chi connectivity index (χ0n) is 13.9. The van der Waals surface area contributed by atoms with Crippen LogP contribution in [0.25, 0.3) is 0 Å². The minimum absolute atomic E-state index is 0.0253. The average Bonchev–Trinajstić information content (AvgIpc) is 2.60. The van der Waals surface area contributed by atoms with Gasteiger partial charge in [-0.3, -0.25) is 9.69 Å². The Bertz CT molecular complexity index is 584. The van der Waals surface area contributed by atoms with Gasteiger partial charge in [0.15, 0.2) is 0 Å². The van der Waals surface area contributed by atoms with Gasteiger partial charge in [-0.15, -0.1) is 6.58 Å². The summed E-state index contributed by atoms with van der Waals surface area (Å²) in [5.74, 6) is -0.150. The summed E-state index contributed by atoms with van der Waals surface area (Å²) in [6.45, 7) is 6.13. The first kappa shape index (κ1) is 18.0. The Kier molecular flexibility index (Phi) is 6.83. The Morgan fingerprint density at radius 1 is 1.42 bits per heavy atom. The fraction of sp³-hybridized carbons (Fsp3) is 0.474. The highest BCUT2D eigenvalue weighted by Crippen LogP contribution is 2.20. The number of carboxylic acid groups (broad SMARTS) is 1. The monoisotopic (exact) mass is 328 g/mol. The Morgan fingerprint density at radius 3 is 2.62 bits per heavy atom. The second-order valence-electron chi connectivity index (χ2n) is 6.16. The summed E-state index contributed by atoms with van der Waals surface area (Å²) in [6, 6.07) is 9.22. The second kappa shape index (κ2) is 9.09. The molecule has 24 heavy (non-hydrogen) atoms. The molecule has 0 aromatic heterocycles. The van der Waals surface area contributed by atoms with Crippen LogP contribution in [0.4, 0.5) is 0 Å². The Hall–Kier alpha value is -2.32. The number of hydrogen-bond acceptors (Lipinski definition) is 4. The molecule has 1 aromatic carbocycles. The van der Waals surface area contributed by atoms with Crippen molar-refractivity contribution in [2.75, 3.05) is 19.6 Å². The highest BCUT2D eigenvalue weighted by atomic mass is 16.5. The molecule has 1 aliphatic rings. The fourth-order valence-corrected chi connectivity index (χ4v) is 2.94. The maximum Gasteiger partial charge on any atom is 0.306 e. The zero-order chi connectivity index (χ0) is 17.4. The standard InChI is InChI=1S/C19H24N2O3/c1-2-3-4-18(24-17-7-5-15(13-20)6-8-17)14-21-11-9-16(10-12-21)19(22)23/h2,5-8,16,18H,1,3-4,9-12,14H2,(H,22,23). The zero-order valence-corrected chi connectivity index (χ0v) is 13.9. The third-order valence-corrected chi connectivity index (χ3v) is 4.38. The molecule has 0 amide bonds. The lowest BCUT2D eigenvalue weighted by Gasteiger charge is -2.33. The van der Waals surface area contributed by atoms with Gasteiger partial charge in [0, 0.05) is 6.54 Å². The van der Waals surface area contributed by atoms with E-state index in [1.165, 1.54) is 0 Å². The van der Waals surface area contributed by atoms with E-state index in [0.717, 1.165) is 38.2 Å². The topological polar surface area (TPSA) is 73.6 Å². The average molecular weight is 328 g/mol. The number of rotatable bonds is 8. The van der Waals surface area contributed by atoms with Gasteiger partial charge in [-0.25, -0.2) is 0 Å². The quantitative estimate of drug-likeness (QED) is 0.742. The van der Waals surface area contributed by atoms with Crippen LogP contribution in [0.15, 0.2) is 36.9 Å². The number of carbonyl (C=O) groups is 1. The van der Waals surface area contributed by atoms with E-state index in [1.54, 1.807) is 12.1 Å². The first-order chi connectivity index (χ1) is 11.6. The summed E-state index contributed by atoms with van der Waals surface area (Å²) >= 11 is 0. The van der Waals surface area contributed by atoms with Crippen molar-refractivity contribution in [3.8, 4) is 11.8 Å². The van der Waals surface area contributed by atoms with Gasteiger partial charge in [-0.1, -0.05) is 6.08 Å². The molecule has 1 saturated heterocycles. The van der Waals surface area contributed by atoms with Gasteiger partial charge in [0.2, 0.25) is 0 Å². The van der Waals surface area contributed by atoms with Gasteiger partial charge in [0.1, 0.15) is 11.9 Å². The van der Waals surface area contributed by atoms with Crippen molar-refractivity contribution in [1.82, 2.24) is 4.90 Å². The van der Waals surface area contributed by atoms with Crippen LogP contribution in [0.3, 0.4) is 0 Å². The van der Waals surface area contributed by atoms with Crippen LogP contribution in [0, 0.1) is 17.2 Å². The number of carboxylic acids is 1. The predicted molar refractivity (Wildman–Crippen MR) is 91.8 cm³/mol. The first-order valence-electron chi connectivity index (χ1n) is 8.35. The SMILES string of the molecule is C=CCCC(CN1CCC(C(=O)O)CC1)Oc1ccc(C#N)cc1. The van der Waals surface area contributed by atoms with Crippen LogP contribution in [-0.4, -0.2) is 41.7 Å². The van der Waals surface area contributed by atoms with E-state index >= 15 is 0 Å². The summed E-state index contributed by atoms with van der Waals surface area (Å²) in [5.41, 5.74) is 0.612. The Balaban J connectivity index is 1.91. The van der Waals surface area contributed by atoms with E-state index in [1.807, 2.05) is 18.2 Å². The van der Waals surface area contributed by atoms with Crippen LogP contribution >= 0.6 is 0 Å². The third kappa shape index (κ3) is 5.39. The molecule has 2 rings (SSSR count). The maximum atomic E-state index is 11.0. The van der Waals surface area contributed by atoms with Crippen LogP contribution < -0.4 is 4.74 Å². The predicted octanol–water partition coefficient (Wildman–Crippen LogP) is 3.07. The Morgan fingerprint density at radius 2 is 2.08 bits per heavy atom. The van der Waals surface area contributed by atoms with E-state index in [9.17, 15) is 4.79 Å². The fourth-order valence-electron chi connectivity index (χ4n) is 2.94. The first-order valence-corrected chi connectivity index (χ1v) is 8.35. The molecule has 1 aromatic rings. The number of piperidine rings is 1. The van der Waals surface area contributed by atoms with Crippen LogP contribution in [-0.2, 0) is 4.79 Å². The smallest absolute Gasteiger partial charge is 0.306 e. The molecule has 1 atom stereocenters. The lowest BCUT2D eigenvalue weighted by molar-refractivity contribution is -0.143. The van der Waals surface area contributed by atoms with E-state index < -0.39 is 5.97 Å². The maximum absolute atomic E-state index is 11.0. The van der Waals surface area contributed by atoms with E-state index in [0.29, 0.717) is 18.4 Å². The van der Waals surface area contributed by atoms with E-state index in [-0.39, 0.29) is 12.0 Å². The van der Waals surface area contributed by atoms with Crippen molar-refractivity contribution in [3.63, 3.8) is 0 Å². The molecule has 128 valence electrons. The lowest BCUT2D eigenvalue weighted by atomic mass is 9.97. The number of allylic oxidation sites excluding steroid dienone is 1. The van der Waals surface area contributed by atoms with E-state index in [4.69, 9.17) is 15.1 Å². The summed E-state index contributed by atoms with van der Waals surface area (Å²) in [5, 5.41) is 17.9. The molecule has 0 radical (unpaired) electrons. The molecule has 1 aliphatic heterocycles. The summed E-state index contributed by atoms with van der Waals surface area (Å²) in [6.07, 6.45) is 5.03. The molecule has 0 saturated carbocycles. The van der Waals surface area contributed by atoms with Crippen molar-refractivity contribution in [2.45, 2.75) is 31.8 Å². The van der Waals surface area contributed by atoms with Crippen molar-refractivity contribution in [2.24, 2.45) is 5.92 Å². The molecule has 1 N–H and O–H groups in total. The van der Waals surface area contributed by atoms with Gasteiger partial charge in [-0.05, 0) is 63.0 Å². The summed E-state index contributed by atoms with van der Waals surface area (Å²) in [4.78, 5) is 13.3. The molecule has 0 spiro atoms. The number of aliphatic carboxylic acids is 1. The highest BCUT2D eigenvalue weighted by molar-refractivity contribution is 5.70. The highest BCUT2D eigenvalue weighted by Gasteiger charge is 2.26. The van der Waals surface area contributed by atoms with Crippen molar-refractivity contribution in [3.05, 3.63) is 42.5 Å². The minimum Gasteiger partial charge on any atom is -0.489 e. The molecular weight excluding hydrogens is 304 g/mol. The molecule has 5 heteroatoms. The van der Waals surface area contributed by atoms with Crippen LogP contribution in [0.5, 0.6) is 5.75 Å². The Labute approximate surface area is 143 Å². The molecule has 0 bridgehead atoms. The summed E-state index contributed by atoms with van der Waals surface area (Å²) < 4.78 is 6.08. The number of ether oxygens (including phenoxy) is 1. The molecule has 0 aliphatic carbocycles. The van der Waals surface area contributed by atoms with Gasteiger partial charge in [-0.2, -0.15) is 5.26 Å². The molecule has 1 fully saturated rings. The normalized spacial score (nSPS) is 17.0. The number of benzene rings is 1. The van der Waals surface area contributed by atoms with Gasteiger partial charge in [0.25, 0.3) is 0 Å². The number of nitrogens with zero attached hydrogens (tertiary/aromatic N) is 2. The second-order valence-corrected chi connectivity index (χ2v) is 6.16. The van der Waals surface area contributed by atoms with Gasteiger partial charge >= 0.3 is 5.97 Å². The molecule has 1 unspecified atom stereocenters. The largest absolute Gasteiger partial charge is 0.489 e.